The van der Waals surface area contributed by atoms with Crippen LogP contribution in [0.3, 0.4) is 0 Å². The molecule has 0 atom stereocenters. The lowest BCUT2D eigenvalue weighted by atomic mass is 10.1. The highest BCUT2D eigenvalue weighted by Gasteiger charge is 2.36. The fraction of sp³-hybridized carbons (Fsp3) is 0.111. The van der Waals surface area contributed by atoms with Crippen molar-refractivity contribution in [2.45, 2.75) is 6.92 Å². The van der Waals surface area contributed by atoms with Gasteiger partial charge in [-0.25, -0.2) is 5.43 Å². The van der Waals surface area contributed by atoms with Gasteiger partial charge in [-0.05, 0) is 24.6 Å². The molecule has 0 saturated carbocycles. The number of benzene rings is 2. The van der Waals surface area contributed by atoms with Gasteiger partial charge in [0.1, 0.15) is 6.54 Å². The van der Waals surface area contributed by atoms with Crippen LogP contribution >= 0.6 is 0 Å². The lowest BCUT2D eigenvalue weighted by Crippen LogP contribution is -2.38. The number of amides is 3. The molecule has 6 heteroatoms. The number of hydrogen-bond acceptors (Lipinski definition) is 4. The van der Waals surface area contributed by atoms with Gasteiger partial charge in [0.15, 0.2) is 0 Å². The molecule has 0 aromatic heterocycles. The van der Waals surface area contributed by atoms with Gasteiger partial charge in [-0.2, -0.15) is 5.10 Å². The quantitative estimate of drug-likeness (QED) is 0.529. The van der Waals surface area contributed by atoms with E-state index < -0.39 is 17.7 Å². The summed E-state index contributed by atoms with van der Waals surface area (Å²) in [4.78, 5) is 37.1. The molecule has 0 aliphatic carbocycles. The van der Waals surface area contributed by atoms with Gasteiger partial charge in [0.2, 0.25) is 0 Å². The normalized spacial score (nSPS) is 13.5. The molecule has 0 bridgehead atoms. The molecular weight excluding hydrogens is 306 g/mol. The number of carbonyl (C=O) groups is 3. The molecule has 3 amide bonds. The minimum Gasteiger partial charge on any atom is -0.271 e. The van der Waals surface area contributed by atoms with Crippen molar-refractivity contribution in [3.63, 3.8) is 0 Å². The summed E-state index contributed by atoms with van der Waals surface area (Å²) in [6, 6.07) is 14.1. The Bertz CT molecular complexity index is 806. The molecule has 1 heterocycles. The third-order valence-electron chi connectivity index (χ3n) is 3.66. The zero-order valence-electron chi connectivity index (χ0n) is 13.0. The molecule has 3 rings (SSSR count). The van der Waals surface area contributed by atoms with Gasteiger partial charge in [-0.15, -0.1) is 0 Å². The van der Waals surface area contributed by atoms with Crippen molar-refractivity contribution >= 4 is 23.9 Å². The molecule has 1 aliphatic rings. The van der Waals surface area contributed by atoms with Gasteiger partial charge in [0.05, 0.1) is 17.3 Å². The monoisotopic (exact) mass is 321 g/mol. The maximum Gasteiger partial charge on any atom is 0.262 e. The van der Waals surface area contributed by atoms with Gasteiger partial charge in [-0.3, -0.25) is 19.3 Å². The number of rotatable bonds is 4. The zero-order chi connectivity index (χ0) is 17.1. The Morgan fingerprint density at radius 1 is 1.04 bits per heavy atom. The molecule has 24 heavy (non-hydrogen) atoms. The largest absolute Gasteiger partial charge is 0.271 e. The third kappa shape index (κ3) is 3.08. The molecule has 120 valence electrons. The summed E-state index contributed by atoms with van der Waals surface area (Å²) in [7, 11) is 0. The van der Waals surface area contributed by atoms with Crippen molar-refractivity contribution in [1.82, 2.24) is 10.3 Å². The van der Waals surface area contributed by atoms with Crippen molar-refractivity contribution in [1.29, 1.82) is 0 Å². The topological polar surface area (TPSA) is 78.8 Å². The number of nitrogens with zero attached hydrogens (tertiary/aromatic N) is 2. The summed E-state index contributed by atoms with van der Waals surface area (Å²) < 4.78 is 0. The van der Waals surface area contributed by atoms with E-state index in [-0.39, 0.29) is 6.54 Å². The van der Waals surface area contributed by atoms with Crippen molar-refractivity contribution in [3.8, 4) is 0 Å². The number of imide groups is 1. The van der Waals surface area contributed by atoms with Gasteiger partial charge in [-0.1, -0.05) is 42.0 Å². The first-order valence-corrected chi connectivity index (χ1v) is 7.40. The summed E-state index contributed by atoms with van der Waals surface area (Å²) >= 11 is 0. The number of hydrogen-bond donors (Lipinski definition) is 1. The first kappa shape index (κ1) is 15.6. The number of aryl methyl sites for hydroxylation is 1. The van der Waals surface area contributed by atoms with Crippen LogP contribution < -0.4 is 5.43 Å². The zero-order valence-corrected chi connectivity index (χ0v) is 13.0. The van der Waals surface area contributed by atoms with Crippen molar-refractivity contribution in [2.24, 2.45) is 5.10 Å². The van der Waals surface area contributed by atoms with E-state index in [4.69, 9.17) is 0 Å². The minimum absolute atomic E-state index is 0.318. The molecule has 0 radical (unpaired) electrons. The molecular formula is C18H15N3O3. The molecule has 0 saturated heterocycles. The highest BCUT2D eigenvalue weighted by atomic mass is 16.2. The van der Waals surface area contributed by atoms with E-state index >= 15 is 0 Å². The standard InChI is InChI=1S/C18H15N3O3/c1-12-6-8-13(9-7-12)10-19-20-16(22)11-21-17(23)14-4-2-3-5-15(14)18(21)24/h2-10H,11H2,1H3,(H,20,22)/b19-10+. The number of carbonyl (C=O) groups excluding carboxylic acids is 3. The van der Waals surface area contributed by atoms with Crippen LogP contribution in [0.2, 0.25) is 0 Å². The SMILES string of the molecule is Cc1ccc(/C=N/NC(=O)CN2C(=O)c3ccccc3C2=O)cc1. The molecule has 0 fully saturated rings. The van der Waals surface area contributed by atoms with E-state index in [9.17, 15) is 14.4 Å². The lowest BCUT2D eigenvalue weighted by Gasteiger charge is -2.11. The third-order valence-corrected chi connectivity index (χ3v) is 3.66. The first-order chi connectivity index (χ1) is 11.6. The molecule has 2 aromatic carbocycles. The van der Waals surface area contributed by atoms with E-state index in [1.165, 1.54) is 6.21 Å². The van der Waals surface area contributed by atoms with E-state index in [0.29, 0.717) is 11.1 Å². The summed E-state index contributed by atoms with van der Waals surface area (Å²) in [6.45, 7) is 1.61. The predicted octanol–water partition coefficient (Wildman–Crippen LogP) is 1.74. The van der Waals surface area contributed by atoms with Crippen LogP contribution in [0.4, 0.5) is 0 Å². The Balaban J connectivity index is 1.61. The first-order valence-electron chi connectivity index (χ1n) is 7.40. The molecule has 0 spiro atoms. The second kappa shape index (κ2) is 6.45. The summed E-state index contributed by atoms with van der Waals surface area (Å²) in [6.07, 6.45) is 1.50. The summed E-state index contributed by atoms with van der Waals surface area (Å²) in [5.74, 6) is -1.46. The second-order valence-electron chi connectivity index (χ2n) is 5.45. The predicted molar refractivity (Wildman–Crippen MR) is 88.7 cm³/mol. The molecule has 1 N–H and O–H groups in total. The number of nitrogens with one attached hydrogen (secondary N) is 1. The van der Waals surface area contributed by atoms with Crippen LogP contribution in [0.25, 0.3) is 0 Å². The summed E-state index contributed by atoms with van der Waals surface area (Å²) in [5.41, 5.74) is 4.92. The smallest absolute Gasteiger partial charge is 0.262 e. The highest BCUT2D eigenvalue weighted by molar-refractivity contribution is 6.22. The van der Waals surface area contributed by atoms with E-state index in [1.807, 2.05) is 31.2 Å². The van der Waals surface area contributed by atoms with Gasteiger partial charge in [0.25, 0.3) is 17.7 Å². The Morgan fingerprint density at radius 2 is 1.62 bits per heavy atom. The van der Waals surface area contributed by atoms with Gasteiger partial charge < -0.3 is 0 Å². The average Bonchev–Trinajstić information content (AvgIpc) is 2.82. The molecule has 2 aromatic rings. The Morgan fingerprint density at radius 3 is 2.21 bits per heavy atom. The molecule has 6 nitrogen and oxygen atoms in total. The van der Waals surface area contributed by atoms with Crippen LogP contribution in [0.5, 0.6) is 0 Å². The van der Waals surface area contributed by atoms with Crippen LogP contribution in [-0.4, -0.2) is 35.4 Å². The minimum atomic E-state index is -0.534. The van der Waals surface area contributed by atoms with E-state index in [1.54, 1.807) is 24.3 Å². The Kier molecular flexibility index (Phi) is 4.20. The van der Waals surface area contributed by atoms with E-state index in [0.717, 1.165) is 16.0 Å². The molecule has 1 aliphatic heterocycles. The number of hydrazone groups is 1. The number of fused-ring (bicyclic) bond motifs is 1. The van der Waals surface area contributed by atoms with Crippen molar-refractivity contribution < 1.29 is 14.4 Å². The fourth-order valence-corrected chi connectivity index (χ4v) is 2.39. The van der Waals surface area contributed by atoms with Crippen molar-refractivity contribution in [3.05, 3.63) is 70.8 Å². The molecule has 0 unspecified atom stereocenters. The van der Waals surface area contributed by atoms with Crippen molar-refractivity contribution in [2.75, 3.05) is 6.54 Å². The second-order valence-corrected chi connectivity index (χ2v) is 5.45. The Labute approximate surface area is 138 Å². The fourth-order valence-electron chi connectivity index (χ4n) is 2.39. The van der Waals surface area contributed by atoms with Gasteiger partial charge in [0, 0.05) is 0 Å². The van der Waals surface area contributed by atoms with E-state index in [2.05, 4.69) is 10.5 Å². The van der Waals surface area contributed by atoms with Crippen LogP contribution in [0, 0.1) is 6.92 Å². The maximum absolute atomic E-state index is 12.2. The lowest BCUT2D eigenvalue weighted by molar-refractivity contribution is -0.121. The average molecular weight is 321 g/mol. The Hall–Kier alpha value is -3.28. The highest BCUT2D eigenvalue weighted by Crippen LogP contribution is 2.21. The van der Waals surface area contributed by atoms with Gasteiger partial charge >= 0.3 is 0 Å². The van der Waals surface area contributed by atoms with Crippen LogP contribution in [0.1, 0.15) is 31.8 Å². The van der Waals surface area contributed by atoms with Crippen LogP contribution in [-0.2, 0) is 4.79 Å². The summed E-state index contributed by atoms with van der Waals surface area (Å²) in [5, 5.41) is 3.84. The maximum atomic E-state index is 12.2. The van der Waals surface area contributed by atoms with Crippen LogP contribution in [0.15, 0.2) is 53.6 Å².